The lowest BCUT2D eigenvalue weighted by Gasteiger charge is -2.10. The van der Waals surface area contributed by atoms with Gasteiger partial charge in [0.2, 0.25) is 0 Å². The van der Waals surface area contributed by atoms with Gasteiger partial charge in [-0.2, -0.15) is 0 Å². The molecule has 2 nitrogen and oxygen atoms in total. The smallest absolute Gasteiger partial charge is 0.0624 e. The van der Waals surface area contributed by atoms with Crippen LogP contribution in [0.4, 0.5) is 0 Å². The van der Waals surface area contributed by atoms with Gasteiger partial charge in [-0.05, 0) is 46.4 Å². The van der Waals surface area contributed by atoms with E-state index in [1.807, 2.05) is 12.1 Å². The van der Waals surface area contributed by atoms with Gasteiger partial charge in [0.05, 0.1) is 12.6 Å². The molecule has 0 saturated carbocycles. The first-order valence-corrected chi connectivity index (χ1v) is 4.92. The first-order chi connectivity index (χ1) is 5.65. The molecular weight excluding hydrogens is 288 g/mol. The summed E-state index contributed by atoms with van der Waals surface area (Å²) in [6.45, 7) is -0.0835. The standard InChI is InChI=1S/C8H9ClINO/c9-7-2-1-5(10)3-6(7)8(11)4-12/h1-3,8,12H,4,11H2. The van der Waals surface area contributed by atoms with Crippen LogP contribution in [0.25, 0.3) is 0 Å². The highest BCUT2D eigenvalue weighted by Crippen LogP contribution is 2.23. The molecule has 66 valence electrons. The molecule has 12 heavy (non-hydrogen) atoms. The van der Waals surface area contributed by atoms with Crippen LogP contribution < -0.4 is 5.73 Å². The summed E-state index contributed by atoms with van der Waals surface area (Å²) in [5.41, 5.74) is 6.42. The van der Waals surface area contributed by atoms with Gasteiger partial charge in [0.1, 0.15) is 0 Å². The fraction of sp³-hybridized carbons (Fsp3) is 0.250. The van der Waals surface area contributed by atoms with Gasteiger partial charge in [-0.1, -0.05) is 11.6 Å². The van der Waals surface area contributed by atoms with Crippen LogP contribution in [0.1, 0.15) is 11.6 Å². The fourth-order valence-corrected chi connectivity index (χ4v) is 1.67. The molecule has 0 aliphatic rings. The number of benzene rings is 1. The molecule has 3 N–H and O–H groups in total. The maximum Gasteiger partial charge on any atom is 0.0624 e. The summed E-state index contributed by atoms with van der Waals surface area (Å²) < 4.78 is 1.07. The van der Waals surface area contributed by atoms with Gasteiger partial charge < -0.3 is 10.8 Å². The monoisotopic (exact) mass is 297 g/mol. The molecule has 1 unspecified atom stereocenters. The molecule has 0 spiro atoms. The fourth-order valence-electron chi connectivity index (χ4n) is 0.897. The summed E-state index contributed by atoms with van der Waals surface area (Å²) in [6.07, 6.45) is 0. The Hall–Kier alpha value is 0.160. The number of hydrogen-bond acceptors (Lipinski definition) is 2. The zero-order valence-corrected chi connectivity index (χ0v) is 9.21. The van der Waals surface area contributed by atoms with E-state index >= 15 is 0 Å². The van der Waals surface area contributed by atoms with Crippen molar-refractivity contribution >= 4 is 34.2 Å². The Morgan fingerprint density at radius 2 is 2.25 bits per heavy atom. The maximum absolute atomic E-state index is 8.82. The molecular formula is C8H9ClINO. The van der Waals surface area contributed by atoms with E-state index < -0.39 is 0 Å². The SMILES string of the molecule is NC(CO)c1cc(I)ccc1Cl. The molecule has 0 saturated heterocycles. The first-order valence-electron chi connectivity index (χ1n) is 3.46. The van der Waals surface area contributed by atoms with Crippen molar-refractivity contribution in [1.29, 1.82) is 0 Å². The lowest BCUT2D eigenvalue weighted by Crippen LogP contribution is -2.14. The molecule has 4 heteroatoms. The van der Waals surface area contributed by atoms with E-state index in [1.54, 1.807) is 6.07 Å². The van der Waals surface area contributed by atoms with E-state index in [2.05, 4.69) is 22.6 Å². The average molecular weight is 298 g/mol. The Morgan fingerprint density at radius 3 is 2.83 bits per heavy atom. The largest absolute Gasteiger partial charge is 0.394 e. The van der Waals surface area contributed by atoms with Crippen molar-refractivity contribution < 1.29 is 5.11 Å². The Morgan fingerprint density at radius 1 is 1.58 bits per heavy atom. The molecule has 0 aliphatic carbocycles. The molecule has 0 fully saturated rings. The van der Waals surface area contributed by atoms with Crippen molar-refractivity contribution in [3.63, 3.8) is 0 Å². The van der Waals surface area contributed by atoms with Gasteiger partial charge in [-0.15, -0.1) is 0 Å². The molecule has 0 radical (unpaired) electrons. The highest BCUT2D eigenvalue weighted by molar-refractivity contribution is 14.1. The van der Waals surface area contributed by atoms with E-state index in [4.69, 9.17) is 22.4 Å². The topological polar surface area (TPSA) is 46.2 Å². The number of hydrogen-bond donors (Lipinski definition) is 2. The average Bonchev–Trinajstić information content (AvgIpc) is 2.08. The van der Waals surface area contributed by atoms with E-state index in [1.165, 1.54) is 0 Å². The zero-order chi connectivity index (χ0) is 9.14. The van der Waals surface area contributed by atoms with Gasteiger partial charge in [0.25, 0.3) is 0 Å². The van der Waals surface area contributed by atoms with Crippen molar-refractivity contribution in [2.24, 2.45) is 5.73 Å². The van der Waals surface area contributed by atoms with E-state index in [9.17, 15) is 0 Å². The van der Waals surface area contributed by atoms with E-state index in [-0.39, 0.29) is 12.6 Å². The normalized spacial score (nSPS) is 13.0. The van der Waals surface area contributed by atoms with E-state index in [0.717, 1.165) is 9.13 Å². The maximum atomic E-state index is 8.82. The molecule has 0 bridgehead atoms. The van der Waals surface area contributed by atoms with Crippen LogP contribution in [-0.4, -0.2) is 11.7 Å². The highest BCUT2D eigenvalue weighted by Gasteiger charge is 2.08. The van der Waals surface area contributed by atoms with Gasteiger partial charge >= 0.3 is 0 Å². The summed E-state index contributed by atoms with van der Waals surface area (Å²) in [5.74, 6) is 0. The number of aliphatic hydroxyl groups excluding tert-OH is 1. The molecule has 1 rings (SSSR count). The number of nitrogens with two attached hydrogens (primary N) is 1. The molecule has 0 aliphatic heterocycles. The number of aliphatic hydroxyl groups is 1. The molecule has 1 atom stereocenters. The zero-order valence-electron chi connectivity index (χ0n) is 6.30. The number of halogens is 2. The molecule has 0 amide bonds. The van der Waals surface area contributed by atoms with Crippen LogP contribution in [0, 0.1) is 3.57 Å². The predicted octanol–water partition coefficient (Wildman–Crippen LogP) is 1.94. The van der Waals surface area contributed by atoms with Crippen LogP contribution in [0.2, 0.25) is 5.02 Å². The quantitative estimate of drug-likeness (QED) is 0.820. The van der Waals surface area contributed by atoms with Crippen molar-refractivity contribution in [2.75, 3.05) is 6.61 Å². The summed E-state index contributed by atoms with van der Waals surface area (Å²) in [7, 11) is 0. The summed E-state index contributed by atoms with van der Waals surface area (Å²) in [4.78, 5) is 0. The van der Waals surface area contributed by atoms with Gasteiger partial charge in [0, 0.05) is 8.59 Å². The van der Waals surface area contributed by atoms with Crippen molar-refractivity contribution in [3.8, 4) is 0 Å². The highest BCUT2D eigenvalue weighted by atomic mass is 127. The molecule has 1 aromatic rings. The molecule has 1 aromatic carbocycles. The van der Waals surface area contributed by atoms with Gasteiger partial charge in [0.15, 0.2) is 0 Å². The minimum absolute atomic E-state index is 0.0835. The third kappa shape index (κ3) is 2.32. The van der Waals surface area contributed by atoms with Crippen molar-refractivity contribution in [3.05, 3.63) is 32.4 Å². The van der Waals surface area contributed by atoms with Crippen LogP contribution in [0.15, 0.2) is 18.2 Å². The lowest BCUT2D eigenvalue weighted by molar-refractivity contribution is 0.268. The van der Waals surface area contributed by atoms with Gasteiger partial charge in [-0.3, -0.25) is 0 Å². The Balaban J connectivity index is 3.04. The number of rotatable bonds is 2. The molecule has 0 heterocycles. The summed E-state index contributed by atoms with van der Waals surface area (Å²) in [6, 6.07) is 5.18. The minimum atomic E-state index is -0.382. The van der Waals surface area contributed by atoms with Crippen LogP contribution >= 0.6 is 34.2 Å². The van der Waals surface area contributed by atoms with Crippen LogP contribution in [-0.2, 0) is 0 Å². The Labute approximate surface area is 89.9 Å². The predicted molar refractivity (Wildman–Crippen MR) is 58.2 cm³/mol. The van der Waals surface area contributed by atoms with E-state index in [0.29, 0.717) is 5.02 Å². The summed E-state index contributed by atoms with van der Waals surface area (Å²) >= 11 is 8.05. The second-order valence-electron chi connectivity index (χ2n) is 2.45. The molecule has 0 aromatic heterocycles. The lowest BCUT2D eigenvalue weighted by atomic mass is 10.1. The second kappa shape index (κ2) is 4.41. The van der Waals surface area contributed by atoms with Crippen LogP contribution in [0.3, 0.4) is 0 Å². The second-order valence-corrected chi connectivity index (χ2v) is 4.11. The van der Waals surface area contributed by atoms with Gasteiger partial charge in [-0.25, -0.2) is 0 Å². The Kier molecular flexibility index (Phi) is 3.77. The first kappa shape index (κ1) is 10.2. The van der Waals surface area contributed by atoms with Crippen molar-refractivity contribution in [2.45, 2.75) is 6.04 Å². The Bertz CT molecular complexity index is 280. The van der Waals surface area contributed by atoms with Crippen molar-refractivity contribution in [1.82, 2.24) is 0 Å². The third-order valence-electron chi connectivity index (χ3n) is 1.55. The minimum Gasteiger partial charge on any atom is -0.394 e. The summed E-state index contributed by atoms with van der Waals surface area (Å²) in [5, 5.41) is 9.43. The van der Waals surface area contributed by atoms with Crippen LogP contribution in [0.5, 0.6) is 0 Å². The third-order valence-corrected chi connectivity index (χ3v) is 2.57.